The van der Waals surface area contributed by atoms with Crippen molar-refractivity contribution >= 4 is 22.3 Å². The van der Waals surface area contributed by atoms with Gasteiger partial charge in [0.15, 0.2) is 5.82 Å². The molecular weight excluding hydrogens is 306 g/mol. The number of hydrogen-bond acceptors (Lipinski definition) is 6. The first kappa shape index (κ1) is 15.2. The molecule has 118 valence electrons. The van der Waals surface area contributed by atoms with E-state index in [1.54, 1.807) is 36.4 Å². The summed E-state index contributed by atoms with van der Waals surface area (Å²) >= 11 is 0. The number of para-hydroxylation sites is 3. The Hall–Kier alpha value is -3.66. The van der Waals surface area contributed by atoms with Gasteiger partial charge in [0.05, 0.1) is 23.7 Å². The van der Waals surface area contributed by atoms with Crippen LogP contribution in [0.1, 0.15) is 5.82 Å². The Morgan fingerprint density at radius 2 is 2.00 bits per heavy atom. The normalized spacial score (nSPS) is 11.1. The molecule has 3 aromatic rings. The van der Waals surface area contributed by atoms with Crippen molar-refractivity contribution in [3.05, 3.63) is 64.7 Å². The van der Waals surface area contributed by atoms with Crippen LogP contribution in [0.25, 0.3) is 10.9 Å². The van der Waals surface area contributed by atoms with Gasteiger partial charge in [0.2, 0.25) is 5.71 Å². The average Bonchev–Trinajstić information content (AvgIpc) is 2.62. The van der Waals surface area contributed by atoms with E-state index in [4.69, 9.17) is 4.74 Å². The summed E-state index contributed by atoms with van der Waals surface area (Å²) in [5, 5.41) is 13.8. The van der Waals surface area contributed by atoms with E-state index in [0.717, 1.165) is 0 Å². The number of hydrazone groups is 1. The molecule has 0 spiro atoms. The van der Waals surface area contributed by atoms with Crippen LogP contribution in [-0.2, 0) is 0 Å². The molecule has 0 aliphatic heterocycles. The molecule has 7 nitrogen and oxygen atoms in total. The third-order valence-electron chi connectivity index (χ3n) is 3.34. The zero-order valence-electron chi connectivity index (χ0n) is 12.8. The molecule has 0 amide bonds. The van der Waals surface area contributed by atoms with Crippen LogP contribution in [0.5, 0.6) is 5.75 Å². The summed E-state index contributed by atoms with van der Waals surface area (Å²) in [6.45, 7) is 0. The molecule has 0 saturated heterocycles. The molecule has 7 heteroatoms. The van der Waals surface area contributed by atoms with Crippen LogP contribution in [0.2, 0.25) is 0 Å². The molecule has 0 fully saturated rings. The Morgan fingerprint density at radius 1 is 1.25 bits per heavy atom. The highest BCUT2D eigenvalue weighted by Crippen LogP contribution is 2.22. The SMILES string of the molecule is COc1ccccc1NN=C(C#N)c1nc2ccccc2c(=O)[nH]1. The molecule has 24 heavy (non-hydrogen) atoms. The minimum absolute atomic E-state index is 0.0382. The van der Waals surface area contributed by atoms with Crippen LogP contribution >= 0.6 is 0 Å². The molecule has 2 aromatic carbocycles. The predicted octanol–water partition coefficient (Wildman–Crippen LogP) is 2.27. The summed E-state index contributed by atoms with van der Waals surface area (Å²) in [5.74, 6) is 0.683. The van der Waals surface area contributed by atoms with Gasteiger partial charge in [-0.2, -0.15) is 10.4 Å². The molecule has 0 radical (unpaired) electrons. The lowest BCUT2D eigenvalue weighted by Crippen LogP contribution is -2.16. The molecule has 0 saturated carbocycles. The zero-order valence-corrected chi connectivity index (χ0v) is 12.8. The van der Waals surface area contributed by atoms with Crippen LogP contribution in [0, 0.1) is 11.3 Å². The highest BCUT2D eigenvalue weighted by Gasteiger charge is 2.10. The van der Waals surface area contributed by atoms with E-state index in [1.165, 1.54) is 7.11 Å². The Bertz CT molecular complexity index is 1020. The van der Waals surface area contributed by atoms with Crippen molar-refractivity contribution in [1.29, 1.82) is 5.26 Å². The Morgan fingerprint density at radius 3 is 2.79 bits per heavy atom. The highest BCUT2D eigenvalue weighted by atomic mass is 16.5. The predicted molar refractivity (Wildman–Crippen MR) is 91.1 cm³/mol. The molecule has 0 unspecified atom stereocenters. The number of fused-ring (bicyclic) bond motifs is 1. The number of aromatic amines is 1. The van der Waals surface area contributed by atoms with Gasteiger partial charge in [-0.05, 0) is 24.3 Å². The number of hydrogen-bond donors (Lipinski definition) is 2. The number of methoxy groups -OCH3 is 1. The van der Waals surface area contributed by atoms with Gasteiger partial charge in [-0.3, -0.25) is 10.2 Å². The van der Waals surface area contributed by atoms with Crippen LogP contribution in [-0.4, -0.2) is 22.8 Å². The third kappa shape index (κ3) is 2.94. The van der Waals surface area contributed by atoms with E-state index in [1.807, 2.05) is 18.2 Å². The Balaban J connectivity index is 2.00. The molecular formula is C17H13N5O2. The molecule has 3 rings (SSSR count). The van der Waals surface area contributed by atoms with Gasteiger partial charge >= 0.3 is 0 Å². The number of ether oxygens (including phenoxy) is 1. The summed E-state index contributed by atoms with van der Waals surface area (Å²) in [6, 6.07) is 16.0. The van der Waals surface area contributed by atoms with E-state index < -0.39 is 0 Å². The second kappa shape index (κ2) is 6.62. The van der Waals surface area contributed by atoms with Gasteiger partial charge in [-0.1, -0.05) is 24.3 Å². The van der Waals surface area contributed by atoms with Crippen LogP contribution < -0.4 is 15.7 Å². The number of H-pyrrole nitrogens is 1. The van der Waals surface area contributed by atoms with Crippen LogP contribution in [0.3, 0.4) is 0 Å². The van der Waals surface area contributed by atoms with Crippen molar-refractivity contribution in [1.82, 2.24) is 9.97 Å². The molecule has 0 bridgehead atoms. The number of benzene rings is 2. The van der Waals surface area contributed by atoms with Crippen LogP contribution in [0.4, 0.5) is 5.69 Å². The summed E-state index contributed by atoms with van der Waals surface area (Å²) < 4.78 is 5.21. The van der Waals surface area contributed by atoms with Crippen molar-refractivity contribution in [2.24, 2.45) is 5.10 Å². The minimum atomic E-state index is -0.323. The standard InChI is InChI=1S/C17H13N5O2/c1-24-15-9-5-4-8-13(15)21-22-14(10-18)16-19-12-7-3-2-6-11(12)17(23)20-16/h2-9,21H,1H3,(H,19,20,23). The van der Waals surface area contributed by atoms with Crippen molar-refractivity contribution in [3.63, 3.8) is 0 Å². The topological polar surface area (TPSA) is 103 Å². The summed E-state index contributed by atoms with van der Waals surface area (Å²) in [5.41, 5.74) is 3.49. The number of nitrogens with zero attached hydrogens (tertiary/aromatic N) is 3. The van der Waals surface area contributed by atoms with Crippen LogP contribution in [0.15, 0.2) is 58.4 Å². The van der Waals surface area contributed by atoms with E-state index in [9.17, 15) is 10.1 Å². The number of nitriles is 1. The summed E-state index contributed by atoms with van der Waals surface area (Å²) in [7, 11) is 1.54. The summed E-state index contributed by atoms with van der Waals surface area (Å²) in [6.07, 6.45) is 0. The van der Waals surface area contributed by atoms with Gasteiger partial charge in [0.1, 0.15) is 11.8 Å². The lowest BCUT2D eigenvalue weighted by atomic mass is 10.2. The molecule has 0 aliphatic carbocycles. The Kier molecular flexibility index (Phi) is 4.21. The second-order valence-corrected chi connectivity index (χ2v) is 4.82. The minimum Gasteiger partial charge on any atom is -0.495 e. The molecule has 1 heterocycles. The largest absolute Gasteiger partial charge is 0.495 e. The lowest BCUT2D eigenvalue weighted by molar-refractivity contribution is 0.416. The van der Waals surface area contributed by atoms with E-state index in [2.05, 4.69) is 20.5 Å². The maximum absolute atomic E-state index is 12.1. The maximum atomic E-state index is 12.1. The third-order valence-corrected chi connectivity index (χ3v) is 3.34. The maximum Gasteiger partial charge on any atom is 0.259 e. The van der Waals surface area contributed by atoms with E-state index >= 15 is 0 Å². The molecule has 0 atom stereocenters. The van der Waals surface area contributed by atoms with Crippen molar-refractivity contribution in [2.75, 3.05) is 12.5 Å². The summed E-state index contributed by atoms with van der Waals surface area (Å²) in [4.78, 5) is 19.0. The highest BCUT2D eigenvalue weighted by molar-refractivity contribution is 6.10. The van der Waals surface area contributed by atoms with E-state index in [0.29, 0.717) is 22.3 Å². The van der Waals surface area contributed by atoms with Crippen molar-refractivity contribution in [3.8, 4) is 11.8 Å². The lowest BCUT2D eigenvalue weighted by Gasteiger charge is -2.07. The number of rotatable bonds is 4. The molecule has 0 aliphatic rings. The fourth-order valence-electron chi connectivity index (χ4n) is 2.18. The first-order chi connectivity index (χ1) is 11.7. The zero-order chi connectivity index (χ0) is 16.9. The van der Waals surface area contributed by atoms with Gasteiger partial charge < -0.3 is 9.72 Å². The van der Waals surface area contributed by atoms with Gasteiger partial charge in [0, 0.05) is 0 Å². The number of nitrogens with one attached hydrogen (secondary N) is 2. The van der Waals surface area contributed by atoms with Gasteiger partial charge in [-0.15, -0.1) is 0 Å². The number of anilines is 1. The monoisotopic (exact) mass is 319 g/mol. The number of aromatic nitrogens is 2. The van der Waals surface area contributed by atoms with Gasteiger partial charge in [0.25, 0.3) is 5.56 Å². The Labute approximate surface area is 137 Å². The first-order valence-corrected chi connectivity index (χ1v) is 7.09. The fraction of sp³-hybridized carbons (Fsp3) is 0.0588. The quantitative estimate of drug-likeness (QED) is 0.567. The van der Waals surface area contributed by atoms with Crippen molar-refractivity contribution < 1.29 is 4.74 Å². The molecule has 1 aromatic heterocycles. The van der Waals surface area contributed by atoms with Gasteiger partial charge in [-0.25, -0.2) is 4.98 Å². The smallest absolute Gasteiger partial charge is 0.259 e. The van der Waals surface area contributed by atoms with Crippen molar-refractivity contribution in [2.45, 2.75) is 0 Å². The first-order valence-electron chi connectivity index (χ1n) is 7.09. The van der Waals surface area contributed by atoms with E-state index in [-0.39, 0.29) is 17.1 Å². The second-order valence-electron chi connectivity index (χ2n) is 4.82. The fourth-order valence-corrected chi connectivity index (χ4v) is 2.18. The molecule has 2 N–H and O–H groups in total. The average molecular weight is 319 g/mol.